The Morgan fingerprint density at radius 3 is 2.21 bits per heavy atom. The minimum Gasteiger partial charge on any atom is -0.465 e. The second-order valence-corrected chi connectivity index (χ2v) is 6.14. The smallest absolute Gasteiger partial charge is 0.308 e. The SMILES string of the molecule is CCC(C)COOCC(C)(C)COC(=O)C(C)CC. The van der Waals surface area contributed by atoms with Crippen molar-refractivity contribution in [1.29, 1.82) is 0 Å². The van der Waals surface area contributed by atoms with Crippen LogP contribution in [0.3, 0.4) is 0 Å². The molecule has 0 aromatic carbocycles. The maximum Gasteiger partial charge on any atom is 0.308 e. The van der Waals surface area contributed by atoms with Crippen molar-refractivity contribution >= 4 is 5.97 Å². The van der Waals surface area contributed by atoms with Crippen LogP contribution in [0.25, 0.3) is 0 Å². The van der Waals surface area contributed by atoms with Crippen molar-refractivity contribution in [1.82, 2.24) is 0 Å². The first-order valence-electron chi connectivity index (χ1n) is 7.23. The van der Waals surface area contributed by atoms with E-state index in [0.29, 0.717) is 25.7 Å². The standard InChI is InChI=1S/C15H30O4/c1-7-12(3)9-18-19-11-15(5,6)10-17-14(16)13(4)8-2/h12-13H,7-11H2,1-6H3. The molecular weight excluding hydrogens is 244 g/mol. The van der Waals surface area contributed by atoms with Gasteiger partial charge in [-0.15, -0.1) is 0 Å². The number of rotatable bonds is 10. The van der Waals surface area contributed by atoms with Crippen LogP contribution < -0.4 is 0 Å². The first-order chi connectivity index (χ1) is 8.82. The van der Waals surface area contributed by atoms with E-state index in [1.165, 1.54) is 0 Å². The maximum atomic E-state index is 11.6. The van der Waals surface area contributed by atoms with Gasteiger partial charge in [0.15, 0.2) is 0 Å². The minimum atomic E-state index is -0.238. The van der Waals surface area contributed by atoms with E-state index in [-0.39, 0.29) is 17.3 Å². The van der Waals surface area contributed by atoms with Gasteiger partial charge in [0.25, 0.3) is 0 Å². The average molecular weight is 274 g/mol. The minimum absolute atomic E-state index is 0.0432. The summed E-state index contributed by atoms with van der Waals surface area (Å²) in [5.74, 6) is 0.306. The Kier molecular flexibility index (Phi) is 9.02. The zero-order valence-corrected chi connectivity index (χ0v) is 13.3. The van der Waals surface area contributed by atoms with Crippen molar-refractivity contribution in [2.75, 3.05) is 19.8 Å². The van der Waals surface area contributed by atoms with E-state index in [4.69, 9.17) is 14.5 Å². The third-order valence-corrected chi connectivity index (χ3v) is 3.20. The van der Waals surface area contributed by atoms with Crippen molar-refractivity contribution in [3.8, 4) is 0 Å². The molecule has 2 atom stereocenters. The molecule has 0 aliphatic carbocycles. The molecule has 4 heteroatoms. The lowest BCUT2D eigenvalue weighted by atomic mass is 9.96. The van der Waals surface area contributed by atoms with E-state index in [1.54, 1.807) is 0 Å². The molecule has 0 aromatic heterocycles. The summed E-state index contributed by atoms with van der Waals surface area (Å²) in [6.07, 6.45) is 1.87. The highest BCUT2D eigenvalue weighted by Gasteiger charge is 2.23. The Balaban J connectivity index is 3.82. The van der Waals surface area contributed by atoms with Crippen LogP contribution in [-0.4, -0.2) is 25.8 Å². The number of carbonyl (C=O) groups is 1. The zero-order valence-electron chi connectivity index (χ0n) is 13.3. The van der Waals surface area contributed by atoms with Crippen LogP contribution in [0.2, 0.25) is 0 Å². The zero-order chi connectivity index (χ0) is 14.9. The average Bonchev–Trinajstić information content (AvgIpc) is 2.39. The van der Waals surface area contributed by atoms with E-state index >= 15 is 0 Å². The van der Waals surface area contributed by atoms with Crippen molar-refractivity contribution in [3.05, 3.63) is 0 Å². The largest absolute Gasteiger partial charge is 0.465 e. The van der Waals surface area contributed by atoms with Crippen LogP contribution in [-0.2, 0) is 19.3 Å². The molecule has 2 unspecified atom stereocenters. The lowest BCUT2D eigenvalue weighted by molar-refractivity contribution is -0.315. The summed E-state index contributed by atoms with van der Waals surface area (Å²) in [6.45, 7) is 13.4. The fourth-order valence-electron chi connectivity index (χ4n) is 1.10. The summed E-state index contributed by atoms with van der Waals surface area (Å²) in [7, 11) is 0. The van der Waals surface area contributed by atoms with Crippen LogP contribution in [0.15, 0.2) is 0 Å². The van der Waals surface area contributed by atoms with Gasteiger partial charge in [-0.2, -0.15) is 0 Å². The monoisotopic (exact) mass is 274 g/mol. The normalized spacial score (nSPS) is 15.1. The summed E-state index contributed by atoms with van der Waals surface area (Å²) in [6, 6.07) is 0. The first-order valence-corrected chi connectivity index (χ1v) is 7.23. The van der Waals surface area contributed by atoms with Gasteiger partial charge in [-0.25, -0.2) is 9.78 Å². The predicted octanol–water partition coefficient (Wildman–Crippen LogP) is 3.60. The molecule has 0 fully saturated rings. The lowest BCUT2D eigenvalue weighted by Crippen LogP contribution is -2.29. The summed E-state index contributed by atoms with van der Waals surface area (Å²) in [5, 5.41) is 0. The summed E-state index contributed by atoms with van der Waals surface area (Å²) in [5.41, 5.74) is -0.238. The van der Waals surface area contributed by atoms with Gasteiger partial charge < -0.3 is 4.74 Å². The highest BCUT2D eigenvalue weighted by atomic mass is 17.2. The topological polar surface area (TPSA) is 44.8 Å². The second kappa shape index (κ2) is 9.32. The van der Waals surface area contributed by atoms with Gasteiger partial charge in [-0.1, -0.05) is 48.0 Å². The van der Waals surface area contributed by atoms with Gasteiger partial charge in [0, 0.05) is 5.41 Å². The molecule has 0 spiro atoms. The molecule has 0 saturated carbocycles. The number of carbonyl (C=O) groups excluding carboxylic acids is 1. The Labute approximate surface area is 117 Å². The van der Waals surface area contributed by atoms with Crippen molar-refractivity contribution in [3.63, 3.8) is 0 Å². The molecule has 0 bridgehead atoms. The third-order valence-electron chi connectivity index (χ3n) is 3.20. The lowest BCUT2D eigenvalue weighted by Gasteiger charge is -2.24. The molecule has 0 rings (SSSR count). The molecular formula is C15H30O4. The van der Waals surface area contributed by atoms with E-state index < -0.39 is 0 Å². The van der Waals surface area contributed by atoms with Gasteiger partial charge in [0.1, 0.15) is 0 Å². The highest BCUT2D eigenvalue weighted by molar-refractivity contribution is 5.71. The van der Waals surface area contributed by atoms with Crippen molar-refractivity contribution in [2.24, 2.45) is 17.3 Å². The third kappa shape index (κ3) is 9.00. The molecule has 114 valence electrons. The van der Waals surface area contributed by atoms with Crippen LogP contribution in [0.1, 0.15) is 54.4 Å². The molecule has 0 aliphatic heterocycles. The van der Waals surface area contributed by atoms with Crippen LogP contribution in [0.5, 0.6) is 0 Å². The summed E-state index contributed by atoms with van der Waals surface area (Å²) in [4.78, 5) is 21.9. The van der Waals surface area contributed by atoms with E-state index in [9.17, 15) is 4.79 Å². The Morgan fingerprint density at radius 1 is 1.05 bits per heavy atom. The van der Waals surface area contributed by atoms with Crippen molar-refractivity contribution in [2.45, 2.75) is 54.4 Å². The quantitative estimate of drug-likeness (QED) is 0.264. The maximum absolute atomic E-state index is 11.6. The van der Waals surface area contributed by atoms with Gasteiger partial charge >= 0.3 is 5.97 Å². The van der Waals surface area contributed by atoms with E-state index in [0.717, 1.165) is 12.8 Å². The molecule has 0 N–H and O–H groups in total. The molecule has 0 aliphatic rings. The van der Waals surface area contributed by atoms with Gasteiger partial charge in [-0.05, 0) is 12.3 Å². The molecule has 19 heavy (non-hydrogen) atoms. The number of hydrogen-bond donors (Lipinski definition) is 0. The van der Waals surface area contributed by atoms with Crippen LogP contribution >= 0.6 is 0 Å². The van der Waals surface area contributed by atoms with E-state index in [2.05, 4.69) is 13.8 Å². The Hall–Kier alpha value is -0.610. The first kappa shape index (κ1) is 18.4. The number of hydrogen-bond acceptors (Lipinski definition) is 4. The van der Waals surface area contributed by atoms with Crippen molar-refractivity contribution < 1.29 is 19.3 Å². The van der Waals surface area contributed by atoms with Crippen LogP contribution in [0.4, 0.5) is 0 Å². The highest BCUT2D eigenvalue weighted by Crippen LogP contribution is 2.17. The van der Waals surface area contributed by atoms with Gasteiger partial charge in [0.05, 0.1) is 25.7 Å². The summed E-state index contributed by atoms with van der Waals surface area (Å²) < 4.78 is 5.28. The number of esters is 1. The molecule has 0 radical (unpaired) electrons. The predicted molar refractivity (Wildman–Crippen MR) is 75.6 cm³/mol. The fourth-order valence-corrected chi connectivity index (χ4v) is 1.10. The Morgan fingerprint density at radius 2 is 1.68 bits per heavy atom. The van der Waals surface area contributed by atoms with Gasteiger partial charge in [-0.3, -0.25) is 4.79 Å². The van der Waals surface area contributed by atoms with Gasteiger partial charge in [0.2, 0.25) is 0 Å². The molecule has 0 amide bonds. The van der Waals surface area contributed by atoms with E-state index in [1.807, 2.05) is 27.7 Å². The van der Waals surface area contributed by atoms with Crippen LogP contribution in [0, 0.1) is 17.3 Å². The molecule has 4 nitrogen and oxygen atoms in total. The molecule has 0 saturated heterocycles. The second-order valence-electron chi connectivity index (χ2n) is 6.14. The molecule has 0 aromatic rings. The molecule has 0 heterocycles. The number of ether oxygens (including phenoxy) is 1. The summed E-state index contributed by atoms with van der Waals surface area (Å²) >= 11 is 0. The Bertz CT molecular complexity index is 251. The fraction of sp³-hybridized carbons (Fsp3) is 0.933.